The molecule has 0 spiro atoms. The number of nitrogens with one attached hydrogen (secondary N) is 2. The van der Waals surface area contributed by atoms with Gasteiger partial charge in [0.05, 0.1) is 0 Å². The van der Waals surface area contributed by atoms with E-state index in [4.69, 9.17) is 9.73 Å². The maximum atomic E-state index is 5.40. The number of nitrogens with zero attached hydrogens (tertiary/aromatic N) is 4. The number of guanidine groups is 1. The van der Waals surface area contributed by atoms with Gasteiger partial charge in [-0.3, -0.25) is 0 Å². The molecule has 0 radical (unpaired) electrons. The Morgan fingerprint density at radius 3 is 2.52 bits per heavy atom. The minimum Gasteiger partial charge on any atom is -0.382 e. The van der Waals surface area contributed by atoms with Crippen molar-refractivity contribution >= 4 is 29.9 Å². The summed E-state index contributed by atoms with van der Waals surface area (Å²) in [7, 11) is 1.97. The van der Waals surface area contributed by atoms with Gasteiger partial charge in [-0.15, -0.1) is 34.2 Å². The van der Waals surface area contributed by atoms with E-state index in [9.17, 15) is 0 Å². The molecule has 27 heavy (non-hydrogen) atoms. The lowest BCUT2D eigenvalue weighted by atomic mass is 10.0. The second-order valence-electron chi connectivity index (χ2n) is 7.23. The lowest BCUT2D eigenvalue weighted by Crippen LogP contribution is -2.43. The first-order valence-electron chi connectivity index (χ1n) is 9.91. The van der Waals surface area contributed by atoms with Crippen molar-refractivity contribution in [1.29, 1.82) is 0 Å². The molecule has 7 nitrogen and oxygen atoms in total. The van der Waals surface area contributed by atoms with E-state index in [2.05, 4.69) is 41.6 Å². The van der Waals surface area contributed by atoms with Crippen LogP contribution in [0.25, 0.3) is 0 Å². The SMILES string of the molecule is CCOCCCNC(=NCc1nnc(C)n1C)NC(C)CCCC(C)C.I. The molecule has 0 saturated carbocycles. The van der Waals surface area contributed by atoms with E-state index in [1.807, 2.05) is 25.5 Å². The average molecular weight is 494 g/mol. The molecular weight excluding hydrogens is 455 g/mol. The fourth-order valence-electron chi connectivity index (χ4n) is 2.55. The van der Waals surface area contributed by atoms with Crippen LogP contribution in [0.3, 0.4) is 0 Å². The molecule has 1 atom stereocenters. The zero-order chi connectivity index (χ0) is 19.4. The highest BCUT2D eigenvalue weighted by molar-refractivity contribution is 14.0. The van der Waals surface area contributed by atoms with Crippen LogP contribution in [0.1, 0.15) is 65.0 Å². The Morgan fingerprint density at radius 1 is 1.19 bits per heavy atom. The molecule has 0 aliphatic carbocycles. The number of hydrogen-bond donors (Lipinski definition) is 2. The van der Waals surface area contributed by atoms with Crippen molar-refractivity contribution in [2.24, 2.45) is 18.0 Å². The van der Waals surface area contributed by atoms with E-state index in [1.54, 1.807) is 0 Å². The molecule has 0 aliphatic rings. The van der Waals surface area contributed by atoms with E-state index >= 15 is 0 Å². The molecule has 0 bridgehead atoms. The third-order valence-corrected chi connectivity index (χ3v) is 4.33. The largest absolute Gasteiger partial charge is 0.382 e. The van der Waals surface area contributed by atoms with Crippen LogP contribution in [-0.4, -0.2) is 46.5 Å². The maximum absolute atomic E-state index is 5.40. The van der Waals surface area contributed by atoms with E-state index in [1.165, 1.54) is 12.8 Å². The Balaban J connectivity index is 0.00000676. The number of aryl methyl sites for hydroxylation is 1. The molecule has 0 fully saturated rings. The Kier molecular flexibility index (Phi) is 14.6. The predicted molar refractivity (Wildman–Crippen MR) is 123 cm³/mol. The minimum atomic E-state index is 0. The lowest BCUT2D eigenvalue weighted by molar-refractivity contribution is 0.145. The Hall–Kier alpha value is -0.900. The highest BCUT2D eigenvalue weighted by atomic mass is 127. The van der Waals surface area contributed by atoms with Gasteiger partial charge in [0, 0.05) is 32.8 Å². The smallest absolute Gasteiger partial charge is 0.191 e. The molecule has 1 aromatic rings. The summed E-state index contributed by atoms with van der Waals surface area (Å²) in [5.41, 5.74) is 0. The number of aromatic nitrogens is 3. The van der Waals surface area contributed by atoms with Gasteiger partial charge in [-0.1, -0.05) is 26.7 Å². The van der Waals surface area contributed by atoms with Gasteiger partial charge in [0.2, 0.25) is 0 Å². The first-order valence-corrected chi connectivity index (χ1v) is 9.91. The minimum absolute atomic E-state index is 0. The number of halogens is 1. The van der Waals surface area contributed by atoms with Crippen LogP contribution in [0.4, 0.5) is 0 Å². The molecular formula is C19H39IN6O. The number of ether oxygens (including phenoxy) is 1. The van der Waals surface area contributed by atoms with Gasteiger partial charge in [-0.2, -0.15) is 0 Å². The number of hydrogen-bond acceptors (Lipinski definition) is 4. The normalized spacial score (nSPS) is 12.8. The van der Waals surface area contributed by atoms with E-state index < -0.39 is 0 Å². The molecule has 158 valence electrons. The third-order valence-electron chi connectivity index (χ3n) is 4.33. The van der Waals surface area contributed by atoms with E-state index in [0.717, 1.165) is 56.1 Å². The van der Waals surface area contributed by atoms with Gasteiger partial charge >= 0.3 is 0 Å². The van der Waals surface area contributed by atoms with Crippen LogP contribution >= 0.6 is 24.0 Å². The standard InChI is InChI=1S/C19H38N6O.HI/c1-7-26-13-9-12-20-19(22-16(4)11-8-10-15(2)3)21-14-18-24-23-17(5)25(18)6;/h15-16H,7-14H2,1-6H3,(H2,20,21,22);1H. The van der Waals surface area contributed by atoms with Crippen molar-refractivity contribution in [2.75, 3.05) is 19.8 Å². The predicted octanol–water partition coefficient (Wildman–Crippen LogP) is 3.42. The van der Waals surface area contributed by atoms with Crippen molar-refractivity contribution in [3.63, 3.8) is 0 Å². The topological polar surface area (TPSA) is 76.4 Å². The summed E-state index contributed by atoms with van der Waals surface area (Å²) in [5, 5.41) is 15.2. The van der Waals surface area contributed by atoms with Crippen LogP contribution in [0.5, 0.6) is 0 Å². The van der Waals surface area contributed by atoms with Gasteiger partial charge in [0.1, 0.15) is 12.4 Å². The zero-order valence-corrected chi connectivity index (χ0v) is 20.2. The second-order valence-corrected chi connectivity index (χ2v) is 7.23. The highest BCUT2D eigenvalue weighted by Gasteiger charge is 2.08. The summed E-state index contributed by atoms with van der Waals surface area (Å²) in [6, 6.07) is 0.383. The molecule has 8 heteroatoms. The molecule has 2 N–H and O–H groups in total. The van der Waals surface area contributed by atoms with Crippen LogP contribution in [-0.2, 0) is 18.3 Å². The summed E-state index contributed by atoms with van der Waals surface area (Å²) in [6.07, 6.45) is 4.59. The zero-order valence-electron chi connectivity index (χ0n) is 17.9. The first-order chi connectivity index (χ1) is 12.4. The van der Waals surface area contributed by atoms with Crippen LogP contribution < -0.4 is 10.6 Å². The molecule has 0 saturated heterocycles. The third kappa shape index (κ3) is 11.5. The fourth-order valence-corrected chi connectivity index (χ4v) is 2.55. The highest BCUT2D eigenvalue weighted by Crippen LogP contribution is 2.08. The molecule has 1 rings (SSSR count). The quantitative estimate of drug-likeness (QED) is 0.202. The summed E-state index contributed by atoms with van der Waals surface area (Å²) < 4.78 is 7.37. The van der Waals surface area contributed by atoms with Crippen LogP contribution in [0.2, 0.25) is 0 Å². The Bertz CT molecular complexity index is 532. The molecule has 1 aromatic heterocycles. The van der Waals surface area contributed by atoms with E-state index in [0.29, 0.717) is 12.6 Å². The van der Waals surface area contributed by atoms with Crippen molar-refractivity contribution in [3.8, 4) is 0 Å². The Morgan fingerprint density at radius 2 is 1.93 bits per heavy atom. The van der Waals surface area contributed by atoms with Crippen LogP contribution in [0.15, 0.2) is 4.99 Å². The number of aliphatic imine (C=N–C) groups is 1. The van der Waals surface area contributed by atoms with Crippen molar-refractivity contribution in [3.05, 3.63) is 11.6 Å². The maximum Gasteiger partial charge on any atom is 0.191 e. The van der Waals surface area contributed by atoms with Gasteiger partial charge in [-0.25, -0.2) is 4.99 Å². The van der Waals surface area contributed by atoms with E-state index in [-0.39, 0.29) is 24.0 Å². The molecule has 0 aliphatic heterocycles. The molecule has 1 unspecified atom stereocenters. The summed E-state index contributed by atoms with van der Waals surface area (Å²) in [6.45, 7) is 13.6. The summed E-state index contributed by atoms with van der Waals surface area (Å²) >= 11 is 0. The fraction of sp³-hybridized carbons (Fsp3) is 0.842. The average Bonchev–Trinajstić information content (AvgIpc) is 2.90. The Labute approximate surface area is 182 Å². The van der Waals surface area contributed by atoms with Gasteiger partial charge in [0.25, 0.3) is 0 Å². The summed E-state index contributed by atoms with van der Waals surface area (Å²) in [5.74, 6) is 3.35. The van der Waals surface area contributed by atoms with Crippen molar-refractivity contribution in [1.82, 2.24) is 25.4 Å². The molecule has 0 amide bonds. The first kappa shape index (κ1) is 26.1. The van der Waals surface area contributed by atoms with Crippen molar-refractivity contribution in [2.45, 2.75) is 72.9 Å². The lowest BCUT2D eigenvalue weighted by Gasteiger charge is -2.19. The van der Waals surface area contributed by atoms with Crippen molar-refractivity contribution < 1.29 is 4.74 Å². The van der Waals surface area contributed by atoms with Crippen LogP contribution in [0, 0.1) is 12.8 Å². The number of rotatable bonds is 12. The molecule has 0 aromatic carbocycles. The van der Waals surface area contributed by atoms with Gasteiger partial charge in [-0.05, 0) is 39.5 Å². The second kappa shape index (κ2) is 15.1. The van der Waals surface area contributed by atoms with Gasteiger partial charge in [0.15, 0.2) is 11.8 Å². The summed E-state index contributed by atoms with van der Waals surface area (Å²) in [4.78, 5) is 4.70. The monoisotopic (exact) mass is 494 g/mol. The van der Waals surface area contributed by atoms with Gasteiger partial charge < -0.3 is 19.9 Å². The molecule has 1 heterocycles.